The molecule has 0 fully saturated rings. The molecule has 0 aliphatic heterocycles. The Bertz CT molecular complexity index is 920. The number of unbranched alkanes of at least 4 members (excludes halogenated alkanes) is 1. The fourth-order valence-corrected chi connectivity index (χ4v) is 3.31. The van der Waals surface area contributed by atoms with E-state index in [1.54, 1.807) is 6.33 Å². The van der Waals surface area contributed by atoms with E-state index in [4.69, 9.17) is 22.1 Å². The van der Waals surface area contributed by atoms with E-state index < -0.39 is 6.09 Å². The Morgan fingerprint density at radius 2 is 2.10 bits per heavy atom. The van der Waals surface area contributed by atoms with Gasteiger partial charge in [-0.1, -0.05) is 56.3 Å². The molecule has 8 heteroatoms. The number of aryl methyl sites for hydroxylation is 1. The average molecular weight is 446 g/mol. The van der Waals surface area contributed by atoms with Crippen LogP contribution in [0.2, 0.25) is 0 Å². The molecule has 1 aromatic heterocycles. The molecule has 1 amide bonds. The first-order chi connectivity index (χ1) is 14.8. The number of amides is 1. The highest BCUT2D eigenvalue weighted by Crippen LogP contribution is 2.11. The van der Waals surface area contributed by atoms with E-state index >= 15 is 0 Å². The van der Waals surface area contributed by atoms with Crippen LogP contribution in [0.15, 0.2) is 47.3 Å². The number of imidazole rings is 1. The fraction of sp³-hybridized carbons (Fsp3) is 0.435. The first kappa shape index (κ1) is 24.5. The van der Waals surface area contributed by atoms with Gasteiger partial charge >= 0.3 is 6.09 Å². The van der Waals surface area contributed by atoms with Crippen LogP contribution in [0.1, 0.15) is 49.2 Å². The van der Waals surface area contributed by atoms with Gasteiger partial charge in [0.25, 0.3) is 0 Å². The molecular formula is C23H32ClN5O2. The number of hydrogen-bond donors (Lipinski definition) is 2. The Kier molecular flexibility index (Phi) is 9.59. The third kappa shape index (κ3) is 8.45. The highest BCUT2D eigenvalue weighted by Gasteiger charge is 2.10. The largest absolute Gasteiger partial charge is 0.450 e. The average Bonchev–Trinajstić information content (AvgIpc) is 3.06. The highest BCUT2D eigenvalue weighted by molar-refractivity contribution is 6.29. The minimum Gasteiger partial charge on any atom is -0.450 e. The predicted octanol–water partition coefficient (Wildman–Crippen LogP) is 4.51. The predicted molar refractivity (Wildman–Crippen MR) is 125 cm³/mol. The second-order valence-electron chi connectivity index (χ2n) is 7.86. The van der Waals surface area contributed by atoms with Gasteiger partial charge in [-0.2, -0.15) is 0 Å². The van der Waals surface area contributed by atoms with Gasteiger partial charge in [0.15, 0.2) is 5.84 Å². The lowest BCUT2D eigenvalue weighted by Gasteiger charge is -2.10. The molecule has 0 spiro atoms. The van der Waals surface area contributed by atoms with Gasteiger partial charge in [-0.15, -0.1) is 0 Å². The smallest absolute Gasteiger partial charge is 0.407 e. The molecular weight excluding hydrogens is 414 g/mol. The number of benzene rings is 1. The van der Waals surface area contributed by atoms with Crippen molar-refractivity contribution >= 4 is 23.5 Å². The standard InChI is InChI=1S/C23H32ClN5O2/c1-16(2)12-19-8-7-9-20(13-19)14-26-23(30)31-11-6-5-10-29-15-27-21(17(29)3)22(25)28-18(4)24/h7-9,13,15-16H,4-6,10-12,14H2,1-3H3,(H2,25,28)(H,26,30). The Balaban J connectivity index is 1.69. The van der Waals surface area contributed by atoms with E-state index in [2.05, 4.69) is 47.9 Å². The molecule has 0 aliphatic rings. The maximum absolute atomic E-state index is 11.9. The van der Waals surface area contributed by atoms with E-state index in [-0.39, 0.29) is 11.0 Å². The van der Waals surface area contributed by atoms with Crippen molar-refractivity contribution in [2.24, 2.45) is 16.6 Å². The number of aliphatic imine (C=N–C) groups is 1. The molecule has 0 unspecified atom stereocenters. The van der Waals surface area contributed by atoms with Crippen LogP contribution < -0.4 is 11.1 Å². The zero-order chi connectivity index (χ0) is 22.8. The molecule has 2 aromatic rings. The number of carbonyl (C=O) groups is 1. The number of carbonyl (C=O) groups excluding carboxylic acids is 1. The number of amidine groups is 1. The molecule has 1 heterocycles. The number of aromatic nitrogens is 2. The van der Waals surface area contributed by atoms with Gasteiger partial charge in [0.2, 0.25) is 0 Å². The molecule has 0 saturated heterocycles. The molecule has 0 saturated carbocycles. The van der Waals surface area contributed by atoms with E-state index in [9.17, 15) is 4.79 Å². The van der Waals surface area contributed by atoms with Crippen molar-refractivity contribution in [1.29, 1.82) is 0 Å². The van der Waals surface area contributed by atoms with Crippen molar-refractivity contribution in [3.8, 4) is 0 Å². The Labute approximate surface area is 189 Å². The van der Waals surface area contributed by atoms with Crippen LogP contribution in [0.25, 0.3) is 0 Å². The number of hydrogen-bond acceptors (Lipinski definition) is 4. The summed E-state index contributed by atoms with van der Waals surface area (Å²) in [6.07, 6.45) is 3.91. The topological polar surface area (TPSA) is 94.5 Å². The summed E-state index contributed by atoms with van der Waals surface area (Å²) in [5.41, 5.74) is 9.73. The summed E-state index contributed by atoms with van der Waals surface area (Å²) in [6.45, 7) is 11.4. The van der Waals surface area contributed by atoms with Gasteiger partial charge in [-0.3, -0.25) is 0 Å². The van der Waals surface area contributed by atoms with Gasteiger partial charge in [0, 0.05) is 18.8 Å². The maximum atomic E-state index is 11.9. The second-order valence-corrected chi connectivity index (χ2v) is 8.30. The quantitative estimate of drug-likeness (QED) is 0.230. The minimum absolute atomic E-state index is 0.116. The zero-order valence-corrected chi connectivity index (χ0v) is 19.3. The molecule has 168 valence electrons. The molecule has 1 aromatic carbocycles. The van der Waals surface area contributed by atoms with Crippen molar-refractivity contribution in [3.05, 3.63) is 64.8 Å². The van der Waals surface area contributed by atoms with Crippen LogP contribution in [0.4, 0.5) is 4.79 Å². The monoisotopic (exact) mass is 445 g/mol. The second kappa shape index (κ2) is 12.2. The Hall–Kier alpha value is -2.80. The molecule has 0 atom stereocenters. The van der Waals surface area contributed by atoms with Crippen LogP contribution >= 0.6 is 11.6 Å². The van der Waals surface area contributed by atoms with E-state index in [0.29, 0.717) is 24.8 Å². The number of rotatable bonds is 11. The maximum Gasteiger partial charge on any atom is 0.407 e. The lowest BCUT2D eigenvalue weighted by Crippen LogP contribution is -2.24. The lowest BCUT2D eigenvalue weighted by molar-refractivity contribution is 0.143. The number of nitrogens with one attached hydrogen (secondary N) is 1. The van der Waals surface area contributed by atoms with Gasteiger partial charge in [0.1, 0.15) is 10.9 Å². The summed E-state index contributed by atoms with van der Waals surface area (Å²) in [4.78, 5) is 20.2. The molecule has 0 aliphatic carbocycles. The zero-order valence-electron chi connectivity index (χ0n) is 18.5. The van der Waals surface area contributed by atoms with Crippen molar-refractivity contribution in [3.63, 3.8) is 0 Å². The van der Waals surface area contributed by atoms with Crippen LogP contribution in [0.3, 0.4) is 0 Å². The normalized spacial score (nSPS) is 11.6. The van der Waals surface area contributed by atoms with Crippen LogP contribution in [0, 0.1) is 12.8 Å². The molecule has 2 rings (SSSR count). The number of alkyl carbamates (subject to hydrolysis) is 1. The fourth-order valence-electron chi connectivity index (χ4n) is 3.22. The Morgan fingerprint density at radius 1 is 1.35 bits per heavy atom. The third-order valence-corrected chi connectivity index (χ3v) is 4.77. The molecule has 3 N–H and O–H groups in total. The number of ether oxygens (including phenoxy) is 1. The van der Waals surface area contributed by atoms with Crippen molar-refractivity contribution in [2.45, 2.75) is 53.1 Å². The summed E-state index contributed by atoms with van der Waals surface area (Å²) in [5, 5.41) is 2.92. The van der Waals surface area contributed by atoms with Gasteiger partial charge in [-0.05, 0) is 43.2 Å². The number of nitrogens with two attached hydrogens (primary N) is 1. The van der Waals surface area contributed by atoms with Crippen molar-refractivity contribution in [1.82, 2.24) is 14.9 Å². The third-order valence-electron chi connectivity index (χ3n) is 4.68. The van der Waals surface area contributed by atoms with Gasteiger partial charge < -0.3 is 20.4 Å². The summed E-state index contributed by atoms with van der Waals surface area (Å²) in [7, 11) is 0. The lowest BCUT2D eigenvalue weighted by atomic mass is 10.0. The van der Waals surface area contributed by atoms with Crippen LogP contribution in [-0.4, -0.2) is 28.1 Å². The van der Waals surface area contributed by atoms with Crippen molar-refractivity contribution < 1.29 is 9.53 Å². The number of nitrogens with zero attached hydrogens (tertiary/aromatic N) is 3. The van der Waals surface area contributed by atoms with E-state index in [0.717, 1.165) is 37.1 Å². The minimum atomic E-state index is -0.402. The van der Waals surface area contributed by atoms with E-state index in [1.165, 1.54) is 5.56 Å². The Morgan fingerprint density at radius 3 is 2.81 bits per heavy atom. The number of halogens is 1. The molecule has 0 bridgehead atoms. The molecule has 31 heavy (non-hydrogen) atoms. The highest BCUT2D eigenvalue weighted by atomic mass is 35.5. The molecule has 7 nitrogen and oxygen atoms in total. The van der Waals surface area contributed by atoms with E-state index in [1.807, 2.05) is 23.6 Å². The first-order valence-corrected chi connectivity index (χ1v) is 10.8. The summed E-state index contributed by atoms with van der Waals surface area (Å²) in [6, 6.07) is 8.27. The van der Waals surface area contributed by atoms with Crippen LogP contribution in [-0.2, 0) is 24.2 Å². The first-order valence-electron chi connectivity index (χ1n) is 10.5. The summed E-state index contributed by atoms with van der Waals surface area (Å²) < 4.78 is 7.26. The van der Waals surface area contributed by atoms with Crippen LogP contribution in [0.5, 0.6) is 0 Å². The van der Waals surface area contributed by atoms with Gasteiger partial charge in [-0.25, -0.2) is 14.8 Å². The molecule has 0 radical (unpaired) electrons. The van der Waals surface area contributed by atoms with Gasteiger partial charge in [0.05, 0.1) is 12.9 Å². The summed E-state index contributed by atoms with van der Waals surface area (Å²) >= 11 is 5.66. The summed E-state index contributed by atoms with van der Waals surface area (Å²) in [5.74, 6) is 0.841. The van der Waals surface area contributed by atoms with Crippen molar-refractivity contribution in [2.75, 3.05) is 6.61 Å². The SMILES string of the molecule is C=C(Cl)/N=C(/N)c1ncn(CCCCOC(=O)NCc2cccc(CC(C)C)c2)c1C.